The molecular weight excluding hydrogens is 354 g/mol. The van der Waals surface area contributed by atoms with Gasteiger partial charge in [-0.1, -0.05) is 18.3 Å². The van der Waals surface area contributed by atoms with Gasteiger partial charge in [-0.2, -0.15) is 0 Å². The first-order valence-electron chi connectivity index (χ1n) is 6.23. The van der Waals surface area contributed by atoms with E-state index in [-0.39, 0.29) is 5.56 Å². The minimum Gasteiger partial charge on any atom is -0.393 e. The van der Waals surface area contributed by atoms with Crippen molar-refractivity contribution in [2.75, 3.05) is 11.4 Å². The minimum atomic E-state index is -0.230. The van der Waals surface area contributed by atoms with Crippen LogP contribution >= 0.6 is 28.1 Å². The zero-order chi connectivity index (χ0) is 15.2. The molecule has 0 unspecified atom stereocenters. The van der Waals surface area contributed by atoms with Crippen LogP contribution in [0.5, 0.6) is 0 Å². The summed E-state index contributed by atoms with van der Waals surface area (Å²) < 4.78 is 0.386. The van der Waals surface area contributed by atoms with E-state index in [1.165, 1.54) is 6.33 Å². The second-order valence-electron chi connectivity index (χ2n) is 4.37. The fraction of sp³-hybridized carbons (Fsp3) is 0.231. The van der Waals surface area contributed by atoms with E-state index in [1.54, 1.807) is 12.4 Å². The lowest BCUT2D eigenvalue weighted by molar-refractivity contribution is 0.780. The fourth-order valence-corrected chi connectivity index (χ4v) is 2.37. The quantitative estimate of drug-likeness (QED) is 0.754. The molecule has 0 amide bonds. The van der Waals surface area contributed by atoms with Gasteiger partial charge in [0.25, 0.3) is 5.56 Å². The SMILES string of the molecule is NC(=S)CCN(Cc1cccnc1)c1nc[nH]c(=O)c1Br. The van der Waals surface area contributed by atoms with E-state index >= 15 is 0 Å². The number of thiocarbonyl (C=S) groups is 1. The van der Waals surface area contributed by atoms with Crippen molar-refractivity contribution in [3.8, 4) is 0 Å². The van der Waals surface area contributed by atoms with Crippen LogP contribution in [0.1, 0.15) is 12.0 Å². The Balaban J connectivity index is 2.29. The summed E-state index contributed by atoms with van der Waals surface area (Å²) >= 11 is 8.20. The van der Waals surface area contributed by atoms with Crippen molar-refractivity contribution >= 4 is 39.0 Å². The highest BCUT2D eigenvalue weighted by atomic mass is 79.9. The molecule has 0 saturated heterocycles. The molecule has 6 nitrogen and oxygen atoms in total. The number of nitrogens with one attached hydrogen (secondary N) is 1. The summed E-state index contributed by atoms with van der Waals surface area (Å²) in [6, 6.07) is 3.82. The molecule has 0 bridgehead atoms. The van der Waals surface area contributed by atoms with Gasteiger partial charge in [-0.05, 0) is 27.6 Å². The minimum absolute atomic E-state index is 0.230. The van der Waals surface area contributed by atoms with Gasteiger partial charge in [0, 0.05) is 31.9 Å². The maximum Gasteiger partial charge on any atom is 0.267 e. The predicted molar refractivity (Wildman–Crippen MR) is 89.2 cm³/mol. The van der Waals surface area contributed by atoms with Crippen LogP contribution in [-0.4, -0.2) is 26.5 Å². The molecule has 2 heterocycles. The van der Waals surface area contributed by atoms with E-state index in [4.69, 9.17) is 18.0 Å². The number of halogens is 1. The third kappa shape index (κ3) is 4.33. The second-order valence-corrected chi connectivity index (χ2v) is 5.69. The molecular formula is C13H14BrN5OS. The zero-order valence-electron chi connectivity index (χ0n) is 11.1. The van der Waals surface area contributed by atoms with Crippen LogP contribution in [0.25, 0.3) is 0 Å². The Morgan fingerprint density at radius 3 is 3.00 bits per heavy atom. The van der Waals surface area contributed by atoms with Crippen molar-refractivity contribution in [1.82, 2.24) is 15.0 Å². The molecule has 2 aromatic heterocycles. The molecule has 0 saturated carbocycles. The average Bonchev–Trinajstić information content (AvgIpc) is 2.47. The third-order valence-electron chi connectivity index (χ3n) is 2.80. The highest BCUT2D eigenvalue weighted by Crippen LogP contribution is 2.21. The summed E-state index contributed by atoms with van der Waals surface area (Å²) in [7, 11) is 0. The summed E-state index contributed by atoms with van der Waals surface area (Å²) in [4.78, 5) is 24.9. The van der Waals surface area contributed by atoms with E-state index < -0.39 is 0 Å². The fourth-order valence-electron chi connectivity index (χ4n) is 1.81. The first-order chi connectivity index (χ1) is 10.1. The largest absolute Gasteiger partial charge is 0.393 e. The Morgan fingerprint density at radius 2 is 2.33 bits per heavy atom. The molecule has 0 aliphatic heterocycles. The van der Waals surface area contributed by atoms with Crippen LogP contribution < -0.4 is 16.2 Å². The Kier molecular flexibility index (Phi) is 5.40. The number of pyridine rings is 1. The Labute approximate surface area is 135 Å². The van der Waals surface area contributed by atoms with Crippen molar-refractivity contribution in [3.63, 3.8) is 0 Å². The molecule has 0 fully saturated rings. The standard InChI is InChI=1S/C13H14BrN5OS/c14-11-12(17-8-18-13(11)20)19(5-3-10(15)21)7-9-2-1-4-16-6-9/h1-2,4,6,8H,3,5,7H2,(H2,15,21)(H,17,18,20). The normalized spacial score (nSPS) is 10.3. The van der Waals surface area contributed by atoms with Gasteiger partial charge in [0.15, 0.2) is 5.82 Å². The van der Waals surface area contributed by atoms with Crippen molar-refractivity contribution in [2.45, 2.75) is 13.0 Å². The highest BCUT2D eigenvalue weighted by Gasteiger charge is 2.15. The molecule has 0 aliphatic rings. The lowest BCUT2D eigenvalue weighted by Crippen LogP contribution is -2.29. The number of aromatic amines is 1. The first kappa shape index (κ1) is 15.6. The maximum absolute atomic E-state index is 11.7. The molecule has 2 rings (SSSR count). The monoisotopic (exact) mass is 367 g/mol. The molecule has 0 atom stereocenters. The third-order valence-corrected chi connectivity index (χ3v) is 3.72. The van der Waals surface area contributed by atoms with Gasteiger partial charge < -0.3 is 15.6 Å². The number of hydrogen-bond acceptors (Lipinski definition) is 5. The van der Waals surface area contributed by atoms with Gasteiger partial charge in [0.1, 0.15) is 4.47 Å². The number of nitrogens with two attached hydrogens (primary N) is 1. The Morgan fingerprint density at radius 1 is 1.52 bits per heavy atom. The number of nitrogens with zero attached hydrogens (tertiary/aromatic N) is 3. The van der Waals surface area contributed by atoms with Crippen LogP contribution in [0.3, 0.4) is 0 Å². The summed E-state index contributed by atoms with van der Waals surface area (Å²) in [5, 5.41) is 0. The Bertz CT molecular complexity index is 676. The molecule has 2 aromatic rings. The van der Waals surface area contributed by atoms with E-state index in [9.17, 15) is 4.79 Å². The zero-order valence-corrected chi connectivity index (χ0v) is 13.5. The number of H-pyrrole nitrogens is 1. The molecule has 110 valence electrons. The van der Waals surface area contributed by atoms with Gasteiger partial charge in [-0.15, -0.1) is 0 Å². The number of anilines is 1. The average molecular weight is 368 g/mol. The maximum atomic E-state index is 11.7. The Hall–Kier alpha value is -1.80. The number of rotatable bonds is 6. The molecule has 0 aliphatic carbocycles. The summed E-state index contributed by atoms with van der Waals surface area (Å²) in [6.07, 6.45) is 5.40. The lowest BCUT2D eigenvalue weighted by Gasteiger charge is -2.24. The highest BCUT2D eigenvalue weighted by molar-refractivity contribution is 9.10. The van der Waals surface area contributed by atoms with E-state index in [0.717, 1.165) is 5.56 Å². The van der Waals surface area contributed by atoms with E-state index in [0.29, 0.717) is 34.8 Å². The lowest BCUT2D eigenvalue weighted by atomic mass is 10.2. The second kappa shape index (κ2) is 7.28. The van der Waals surface area contributed by atoms with Crippen LogP contribution in [0.15, 0.2) is 40.1 Å². The summed E-state index contributed by atoms with van der Waals surface area (Å²) in [5.74, 6) is 0.554. The van der Waals surface area contributed by atoms with Crippen molar-refractivity contribution in [1.29, 1.82) is 0 Å². The van der Waals surface area contributed by atoms with Gasteiger partial charge >= 0.3 is 0 Å². The molecule has 0 aromatic carbocycles. The molecule has 0 radical (unpaired) electrons. The van der Waals surface area contributed by atoms with Gasteiger partial charge in [-0.25, -0.2) is 4.98 Å². The van der Waals surface area contributed by atoms with E-state index in [1.807, 2.05) is 17.0 Å². The topological polar surface area (TPSA) is 87.9 Å². The van der Waals surface area contributed by atoms with Gasteiger partial charge in [0.05, 0.1) is 11.3 Å². The summed E-state index contributed by atoms with van der Waals surface area (Å²) in [5.41, 5.74) is 6.35. The molecule has 0 spiro atoms. The summed E-state index contributed by atoms with van der Waals surface area (Å²) in [6.45, 7) is 1.13. The van der Waals surface area contributed by atoms with Gasteiger partial charge in [-0.3, -0.25) is 9.78 Å². The van der Waals surface area contributed by atoms with Crippen LogP contribution in [-0.2, 0) is 6.54 Å². The number of hydrogen-bond donors (Lipinski definition) is 2. The van der Waals surface area contributed by atoms with Crippen molar-refractivity contribution < 1.29 is 0 Å². The van der Waals surface area contributed by atoms with Crippen molar-refractivity contribution in [2.24, 2.45) is 5.73 Å². The van der Waals surface area contributed by atoms with Crippen LogP contribution in [0, 0.1) is 0 Å². The molecule has 21 heavy (non-hydrogen) atoms. The van der Waals surface area contributed by atoms with E-state index in [2.05, 4.69) is 30.9 Å². The van der Waals surface area contributed by atoms with Crippen LogP contribution in [0.4, 0.5) is 5.82 Å². The smallest absolute Gasteiger partial charge is 0.267 e. The number of aromatic nitrogens is 3. The first-order valence-corrected chi connectivity index (χ1v) is 7.43. The molecule has 8 heteroatoms. The van der Waals surface area contributed by atoms with Crippen molar-refractivity contribution in [3.05, 3.63) is 51.2 Å². The van der Waals surface area contributed by atoms with Crippen LogP contribution in [0.2, 0.25) is 0 Å². The molecule has 3 N–H and O–H groups in total. The van der Waals surface area contributed by atoms with Gasteiger partial charge in [0.2, 0.25) is 0 Å². The predicted octanol–water partition coefficient (Wildman–Crippen LogP) is 1.61.